The van der Waals surface area contributed by atoms with E-state index in [9.17, 15) is 0 Å². The lowest BCUT2D eigenvalue weighted by Gasteiger charge is -1.84. The normalized spacial score (nSPS) is 8.33. The summed E-state index contributed by atoms with van der Waals surface area (Å²) in [5.74, 6) is 0. The van der Waals surface area contributed by atoms with E-state index in [1.807, 2.05) is 0 Å². The average Bonchev–Trinajstić information content (AvgIpc) is 1.61. The molecule has 36 valence electrons. The summed E-state index contributed by atoms with van der Waals surface area (Å²) in [4.78, 5) is 0. The molecule has 6 heavy (non-hydrogen) atoms. The van der Waals surface area contributed by atoms with E-state index >= 15 is 0 Å². The van der Waals surface area contributed by atoms with Crippen LogP contribution in [-0.4, -0.2) is 7.00 Å². The lowest BCUT2D eigenvalue weighted by atomic mass is 9.99. The van der Waals surface area contributed by atoms with Crippen molar-refractivity contribution in [3.8, 4) is 0 Å². The van der Waals surface area contributed by atoms with Crippen molar-refractivity contribution in [1.82, 2.24) is 0 Å². The topological polar surface area (TPSA) is 0 Å². The minimum absolute atomic E-state index is 1.27. The fourth-order valence-electron chi connectivity index (χ4n) is 0.394. The predicted molar refractivity (Wildman–Crippen MR) is 36.6 cm³/mol. The lowest BCUT2D eigenvalue weighted by Crippen LogP contribution is -1.72. The van der Waals surface area contributed by atoms with Crippen LogP contribution in [0.2, 0.25) is 6.32 Å². The molecule has 0 saturated heterocycles. The zero-order valence-corrected chi connectivity index (χ0v) is 5.56. The van der Waals surface area contributed by atoms with E-state index in [2.05, 4.69) is 16.0 Å². The van der Waals surface area contributed by atoms with Crippen LogP contribution in [0.4, 0.5) is 0 Å². The van der Waals surface area contributed by atoms with Crippen LogP contribution >= 0.6 is 9.12 Å². The molecule has 0 aromatic carbocycles. The van der Waals surface area contributed by atoms with Gasteiger partial charge < -0.3 is 0 Å². The van der Waals surface area contributed by atoms with Crippen molar-refractivity contribution in [2.75, 3.05) is 0 Å². The van der Waals surface area contributed by atoms with Crippen molar-refractivity contribution in [3.05, 3.63) is 0 Å². The van der Waals surface area contributed by atoms with Crippen LogP contribution in [0.25, 0.3) is 0 Å². The first-order valence-corrected chi connectivity index (χ1v) is 3.43. The third-order valence-electron chi connectivity index (χ3n) is 0.808. The molecular weight excluding hydrogens is 89.8 g/mol. The molecule has 0 saturated carbocycles. The van der Waals surface area contributed by atoms with Crippen molar-refractivity contribution < 1.29 is 0 Å². The molecule has 0 aromatic heterocycles. The molecule has 0 spiro atoms. The summed E-state index contributed by atoms with van der Waals surface area (Å²) in [5, 5.41) is 0. The Morgan fingerprint density at radius 1 is 1.67 bits per heavy atom. The SMILES string of the molecule is CCCCBP. The zero-order valence-electron chi connectivity index (χ0n) is 4.41. The molecule has 0 rings (SSSR count). The fraction of sp³-hybridized carbons (Fsp3) is 1.00. The summed E-state index contributed by atoms with van der Waals surface area (Å²) in [6.07, 6.45) is 4.11. The maximum atomic E-state index is 2.73. The Balaban J connectivity index is 2.34. The highest BCUT2D eigenvalue weighted by Crippen LogP contribution is 1.94. The second kappa shape index (κ2) is 5.49. The van der Waals surface area contributed by atoms with Gasteiger partial charge in [-0.25, -0.2) is 0 Å². The zero-order chi connectivity index (χ0) is 4.83. The monoisotopic (exact) mass is 102 g/mol. The maximum absolute atomic E-state index is 2.73. The van der Waals surface area contributed by atoms with Crippen LogP contribution in [0, 0.1) is 0 Å². The second-order valence-electron chi connectivity index (χ2n) is 1.50. The average molecular weight is 102 g/mol. The van der Waals surface area contributed by atoms with Gasteiger partial charge in [-0.15, -0.1) is 0 Å². The predicted octanol–water partition coefficient (Wildman–Crippen LogP) is 1.43. The molecule has 1 unspecified atom stereocenters. The molecule has 0 N–H and O–H groups in total. The maximum Gasteiger partial charge on any atom is 0.144 e. The number of hydrogen-bond donors (Lipinski definition) is 0. The minimum atomic E-state index is 1.27. The van der Waals surface area contributed by atoms with Gasteiger partial charge >= 0.3 is 0 Å². The molecule has 0 bridgehead atoms. The molecule has 0 heterocycles. The molecule has 0 radical (unpaired) electrons. The van der Waals surface area contributed by atoms with Crippen LogP contribution in [0.5, 0.6) is 0 Å². The molecule has 0 fully saturated rings. The molecule has 1 atom stereocenters. The van der Waals surface area contributed by atoms with Crippen molar-refractivity contribution >= 4 is 16.1 Å². The first-order valence-electron chi connectivity index (χ1n) is 2.62. The summed E-state index contributed by atoms with van der Waals surface area (Å²) in [7, 11) is 2.73. The quantitative estimate of drug-likeness (QED) is 0.287. The Kier molecular flexibility index (Phi) is 5.95. The number of rotatable bonds is 3. The first kappa shape index (κ1) is 6.49. The summed E-state index contributed by atoms with van der Waals surface area (Å²) >= 11 is 0. The van der Waals surface area contributed by atoms with E-state index in [1.54, 1.807) is 0 Å². The van der Waals surface area contributed by atoms with Crippen LogP contribution in [-0.2, 0) is 0 Å². The Morgan fingerprint density at radius 3 is 2.50 bits per heavy atom. The Morgan fingerprint density at radius 2 is 2.33 bits per heavy atom. The largest absolute Gasteiger partial charge is 0.175 e. The van der Waals surface area contributed by atoms with Gasteiger partial charge in [-0.1, -0.05) is 26.1 Å². The van der Waals surface area contributed by atoms with Gasteiger partial charge in [0, 0.05) is 0 Å². The van der Waals surface area contributed by atoms with Gasteiger partial charge in [-0.05, 0) is 0 Å². The summed E-state index contributed by atoms with van der Waals surface area (Å²) in [6.45, 7) is 3.49. The van der Waals surface area contributed by atoms with Gasteiger partial charge in [0.05, 0.1) is 0 Å². The van der Waals surface area contributed by atoms with Gasteiger partial charge in [0.25, 0.3) is 0 Å². The number of unbranched alkanes of at least 4 members (excludes halogenated alkanes) is 1. The molecule has 0 nitrogen and oxygen atoms in total. The minimum Gasteiger partial charge on any atom is -0.175 e. The van der Waals surface area contributed by atoms with Crippen LogP contribution in [0.15, 0.2) is 0 Å². The van der Waals surface area contributed by atoms with Gasteiger partial charge in [-0.2, -0.15) is 9.12 Å². The first-order chi connectivity index (χ1) is 2.91. The summed E-state index contributed by atoms with van der Waals surface area (Å²) in [6, 6.07) is 0. The third kappa shape index (κ3) is 4.49. The molecule has 0 aliphatic heterocycles. The Hall–Kier alpha value is 0.495. The van der Waals surface area contributed by atoms with Crippen LogP contribution < -0.4 is 0 Å². The van der Waals surface area contributed by atoms with Crippen molar-refractivity contribution in [2.24, 2.45) is 0 Å². The van der Waals surface area contributed by atoms with E-state index in [0.29, 0.717) is 0 Å². The van der Waals surface area contributed by atoms with Gasteiger partial charge in [0.2, 0.25) is 0 Å². The van der Waals surface area contributed by atoms with Crippen molar-refractivity contribution in [1.29, 1.82) is 0 Å². The molecular formula is C4H12BP. The smallest absolute Gasteiger partial charge is 0.144 e. The highest BCUT2D eigenvalue weighted by Gasteiger charge is 1.78. The lowest BCUT2D eigenvalue weighted by molar-refractivity contribution is 0.882. The molecule has 0 amide bonds. The van der Waals surface area contributed by atoms with Crippen LogP contribution in [0.1, 0.15) is 19.8 Å². The van der Waals surface area contributed by atoms with Gasteiger partial charge in [0.1, 0.15) is 7.00 Å². The molecule has 0 aliphatic rings. The third-order valence-corrected chi connectivity index (χ3v) is 1.22. The van der Waals surface area contributed by atoms with E-state index in [0.717, 1.165) is 0 Å². The highest BCUT2D eigenvalue weighted by molar-refractivity contribution is 7.55. The number of hydrogen-bond acceptors (Lipinski definition) is 0. The van der Waals surface area contributed by atoms with Gasteiger partial charge in [0.15, 0.2) is 0 Å². The van der Waals surface area contributed by atoms with Crippen molar-refractivity contribution in [3.63, 3.8) is 0 Å². The molecule has 2 heteroatoms. The van der Waals surface area contributed by atoms with E-state index in [4.69, 9.17) is 0 Å². The van der Waals surface area contributed by atoms with E-state index in [1.165, 1.54) is 26.2 Å². The fourth-order valence-corrected chi connectivity index (χ4v) is 0.683. The summed E-state index contributed by atoms with van der Waals surface area (Å²) < 4.78 is 0. The Labute approximate surface area is 43.1 Å². The van der Waals surface area contributed by atoms with Gasteiger partial charge in [-0.3, -0.25) is 0 Å². The van der Waals surface area contributed by atoms with E-state index in [-0.39, 0.29) is 0 Å². The summed E-state index contributed by atoms with van der Waals surface area (Å²) in [5.41, 5.74) is 0. The highest BCUT2D eigenvalue weighted by atomic mass is 31.0. The standard InChI is InChI=1S/C4H12BP/c1-2-3-4-5-6/h5H,2-4,6H2,1H3. The Bertz CT molecular complexity index is 19.5. The molecule has 0 aliphatic carbocycles. The second-order valence-corrected chi connectivity index (χ2v) is 2.07. The van der Waals surface area contributed by atoms with Crippen molar-refractivity contribution in [2.45, 2.75) is 26.1 Å². The van der Waals surface area contributed by atoms with Crippen LogP contribution in [0.3, 0.4) is 0 Å². The van der Waals surface area contributed by atoms with E-state index < -0.39 is 0 Å². The molecule has 0 aromatic rings.